The summed E-state index contributed by atoms with van der Waals surface area (Å²) in [4.78, 5) is 13.8. The molecule has 1 saturated heterocycles. The van der Waals surface area contributed by atoms with Gasteiger partial charge >= 0.3 is 6.09 Å². The summed E-state index contributed by atoms with van der Waals surface area (Å²) in [6.07, 6.45) is 0.661. The molecule has 1 heterocycles. The van der Waals surface area contributed by atoms with Gasteiger partial charge in [-0.1, -0.05) is 54.6 Å². The first-order valence-corrected chi connectivity index (χ1v) is 9.14. The minimum absolute atomic E-state index is 0.0660. The molecule has 0 aliphatic carbocycles. The van der Waals surface area contributed by atoms with E-state index in [4.69, 9.17) is 9.47 Å². The maximum absolute atomic E-state index is 12.1. The molecule has 1 aliphatic rings. The molecule has 2 aromatic carbocycles. The van der Waals surface area contributed by atoms with Gasteiger partial charge in [0.15, 0.2) is 0 Å². The number of ether oxygens (including phenoxy) is 2. The molecule has 0 N–H and O–H groups in total. The van der Waals surface area contributed by atoms with E-state index in [1.165, 1.54) is 11.1 Å². The molecule has 1 fully saturated rings. The lowest BCUT2D eigenvalue weighted by Crippen LogP contribution is -2.36. The van der Waals surface area contributed by atoms with E-state index in [1.54, 1.807) is 4.90 Å². The van der Waals surface area contributed by atoms with Gasteiger partial charge in [0.1, 0.15) is 5.60 Å². The molecule has 2 aromatic rings. The fourth-order valence-corrected chi connectivity index (χ4v) is 2.99. The number of hydrogen-bond acceptors (Lipinski definition) is 3. The number of nitrogens with zero attached hydrogens (tertiary/aromatic N) is 1. The minimum Gasteiger partial charge on any atom is -0.444 e. The van der Waals surface area contributed by atoms with Gasteiger partial charge in [0.05, 0.1) is 19.3 Å². The van der Waals surface area contributed by atoms with E-state index >= 15 is 0 Å². The summed E-state index contributed by atoms with van der Waals surface area (Å²) in [5.41, 5.74) is 3.09. The van der Waals surface area contributed by atoms with Crippen LogP contribution in [0.4, 0.5) is 4.79 Å². The SMILES string of the molecule is CC(C)(C)OC(=O)N1CCC(OCc2ccc(-c3ccccc3)cc2)C1. The number of rotatable bonds is 4. The Kier molecular flexibility index (Phi) is 5.62. The maximum atomic E-state index is 12.1. The van der Waals surface area contributed by atoms with Crippen molar-refractivity contribution in [1.82, 2.24) is 4.90 Å². The molecule has 1 amide bonds. The highest BCUT2D eigenvalue weighted by atomic mass is 16.6. The van der Waals surface area contributed by atoms with E-state index in [0.717, 1.165) is 12.0 Å². The molecule has 0 bridgehead atoms. The van der Waals surface area contributed by atoms with Crippen LogP contribution in [0.2, 0.25) is 0 Å². The van der Waals surface area contributed by atoms with E-state index in [-0.39, 0.29) is 12.2 Å². The third kappa shape index (κ3) is 5.09. The molecule has 1 atom stereocenters. The highest BCUT2D eigenvalue weighted by molar-refractivity contribution is 5.68. The van der Waals surface area contributed by atoms with E-state index in [0.29, 0.717) is 19.7 Å². The smallest absolute Gasteiger partial charge is 0.410 e. The van der Waals surface area contributed by atoms with Crippen molar-refractivity contribution in [3.63, 3.8) is 0 Å². The predicted molar refractivity (Wildman–Crippen MR) is 103 cm³/mol. The third-order valence-corrected chi connectivity index (χ3v) is 4.34. The zero-order valence-corrected chi connectivity index (χ0v) is 15.8. The quantitative estimate of drug-likeness (QED) is 0.786. The van der Waals surface area contributed by atoms with Gasteiger partial charge in [-0.3, -0.25) is 0 Å². The first-order valence-electron chi connectivity index (χ1n) is 9.14. The summed E-state index contributed by atoms with van der Waals surface area (Å²) in [6, 6.07) is 18.8. The normalized spacial score (nSPS) is 17.3. The highest BCUT2D eigenvalue weighted by Gasteiger charge is 2.30. The molecule has 1 aliphatic heterocycles. The van der Waals surface area contributed by atoms with Gasteiger partial charge in [0.25, 0.3) is 0 Å². The van der Waals surface area contributed by atoms with Crippen LogP contribution in [0.15, 0.2) is 54.6 Å². The largest absolute Gasteiger partial charge is 0.444 e. The van der Waals surface area contributed by atoms with E-state index < -0.39 is 5.60 Å². The molecular weight excluding hydrogens is 326 g/mol. The van der Waals surface area contributed by atoms with Crippen LogP contribution in [0.25, 0.3) is 11.1 Å². The Bertz CT molecular complexity index is 719. The van der Waals surface area contributed by atoms with Crippen LogP contribution < -0.4 is 0 Å². The van der Waals surface area contributed by atoms with Gasteiger partial charge in [-0.2, -0.15) is 0 Å². The van der Waals surface area contributed by atoms with Crippen molar-refractivity contribution >= 4 is 6.09 Å². The summed E-state index contributed by atoms with van der Waals surface area (Å²) in [7, 11) is 0. The van der Waals surface area contributed by atoms with Crippen LogP contribution in [-0.2, 0) is 16.1 Å². The fraction of sp³-hybridized carbons (Fsp3) is 0.409. The molecule has 0 radical (unpaired) electrons. The average molecular weight is 353 g/mol. The second kappa shape index (κ2) is 7.92. The van der Waals surface area contributed by atoms with Gasteiger partial charge in [0.2, 0.25) is 0 Å². The van der Waals surface area contributed by atoms with Gasteiger partial charge in [-0.05, 0) is 43.9 Å². The van der Waals surface area contributed by atoms with Gasteiger partial charge in [-0.25, -0.2) is 4.79 Å². The second-order valence-corrected chi connectivity index (χ2v) is 7.71. The molecule has 26 heavy (non-hydrogen) atoms. The Morgan fingerprint density at radius 2 is 1.69 bits per heavy atom. The second-order valence-electron chi connectivity index (χ2n) is 7.71. The summed E-state index contributed by atoms with van der Waals surface area (Å²) in [5.74, 6) is 0. The zero-order valence-electron chi connectivity index (χ0n) is 15.8. The number of benzene rings is 2. The molecule has 0 spiro atoms. The lowest BCUT2D eigenvalue weighted by molar-refractivity contribution is 0.0184. The summed E-state index contributed by atoms with van der Waals surface area (Å²) in [5, 5.41) is 0. The minimum atomic E-state index is -0.462. The van der Waals surface area contributed by atoms with Gasteiger partial charge in [-0.15, -0.1) is 0 Å². The maximum Gasteiger partial charge on any atom is 0.410 e. The topological polar surface area (TPSA) is 38.8 Å². The molecule has 0 aromatic heterocycles. The molecule has 4 nitrogen and oxygen atoms in total. The van der Waals surface area contributed by atoms with Crippen molar-refractivity contribution in [2.45, 2.75) is 45.5 Å². The lowest BCUT2D eigenvalue weighted by Gasteiger charge is -2.24. The fourth-order valence-electron chi connectivity index (χ4n) is 2.99. The molecule has 3 rings (SSSR count). The van der Waals surface area contributed by atoms with Crippen molar-refractivity contribution in [1.29, 1.82) is 0 Å². The van der Waals surface area contributed by atoms with Crippen LogP contribution in [0.1, 0.15) is 32.8 Å². The molecule has 1 unspecified atom stereocenters. The molecule has 4 heteroatoms. The Hall–Kier alpha value is -2.33. The Morgan fingerprint density at radius 3 is 2.35 bits per heavy atom. The average Bonchev–Trinajstić information content (AvgIpc) is 3.09. The van der Waals surface area contributed by atoms with Crippen molar-refractivity contribution in [3.05, 3.63) is 60.2 Å². The monoisotopic (exact) mass is 353 g/mol. The number of amides is 1. The van der Waals surface area contributed by atoms with Crippen LogP contribution in [0, 0.1) is 0 Å². The van der Waals surface area contributed by atoms with Crippen LogP contribution >= 0.6 is 0 Å². The van der Waals surface area contributed by atoms with Crippen molar-refractivity contribution < 1.29 is 14.3 Å². The number of carbonyl (C=O) groups is 1. The molecule has 138 valence electrons. The van der Waals surface area contributed by atoms with Crippen molar-refractivity contribution in [2.75, 3.05) is 13.1 Å². The molecular formula is C22H27NO3. The summed E-state index contributed by atoms with van der Waals surface area (Å²) in [6.45, 7) is 7.49. The van der Waals surface area contributed by atoms with Crippen molar-refractivity contribution in [3.8, 4) is 11.1 Å². The number of carbonyl (C=O) groups excluding carboxylic acids is 1. The zero-order chi connectivity index (χ0) is 18.6. The van der Waals surface area contributed by atoms with Crippen LogP contribution in [-0.4, -0.2) is 35.8 Å². The van der Waals surface area contributed by atoms with E-state index in [2.05, 4.69) is 36.4 Å². The third-order valence-electron chi connectivity index (χ3n) is 4.34. The predicted octanol–water partition coefficient (Wildman–Crippen LogP) is 4.88. The Balaban J connectivity index is 1.48. The lowest BCUT2D eigenvalue weighted by atomic mass is 10.0. The van der Waals surface area contributed by atoms with Crippen LogP contribution in [0.5, 0.6) is 0 Å². The van der Waals surface area contributed by atoms with Gasteiger partial charge < -0.3 is 14.4 Å². The van der Waals surface area contributed by atoms with E-state index in [9.17, 15) is 4.79 Å². The summed E-state index contributed by atoms with van der Waals surface area (Å²) >= 11 is 0. The van der Waals surface area contributed by atoms with E-state index in [1.807, 2.05) is 39.0 Å². The number of likely N-dealkylation sites (tertiary alicyclic amines) is 1. The van der Waals surface area contributed by atoms with Crippen molar-refractivity contribution in [2.24, 2.45) is 0 Å². The van der Waals surface area contributed by atoms with Crippen LogP contribution in [0.3, 0.4) is 0 Å². The first-order chi connectivity index (χ1) is 12.4. The first kappa shape index (κ1) is 18.5. The molecule has 0 saturated carbocycles. The Morgan fingerprint density at radius 1 is 1.04 bits per heavy atom. The Labute approximate surface area is 155 Å². The summed E-state index contributed by atoms with van der Waals surface area (Å²) < 4.78 is 11.4. The standard InChI is InChI=1S/C22H27NO3/c1-22(2,3)26-21(24)23-14-13-20(15-23)25-16-17-9-11-19(12-10-17)18-7-5-4-6-8-18/h4-12,20H,13-16H2,1-3H3. The number of hydrogen-bond donors (Lipinski definition) is 0. The highest BCUT2D eigenvalue weighted by Crippen LogP contribution is 2.21. The van der Waals surface area contributed by atoms with Gasteiger partial charge in [0, 0.05) is 6.54 Å².